The van der Waals surface area contributed by atoms with Crippen LogP contribution in [0.5, 0.6) is 0 Å². The van der Waals surface area contributed by atoms with E-state index in [0.29, 0.717) is 0 Å². The number of rotatable bonds is 3. The summed E-state index contributed by atoms with van der Waals surface area (Å²) in [6, 6.07) is 56.6. The van der Waals surface area contributed by atoms with Crippen LogP contribution in [0.25, 0.3) is 61.4 Å². The predicted molar refractivity (Wildman–Crippen MR) is 249 cm³/mol. The molecule has 59 heavy (non-hydrogen) atoms. The van der Waals surface area contributed by atoms with Gasteiger partial charge in [-0.1, -0.05) is 149 Å². The fourth-order valence-electron chi connectivity index (χ4n) is 10.8. The highest BCUT2D eigenvalue weighted by molar-refractivity contribution is 6.10. The average molecular weight is 757 g/mol. The minimum atomic E-state index is -0.108. The van der Waals surface area contributed by atoms with Gasteiger partial charge < -0.3 is 9.47 Å². The number of hydrogen-bond donors (Lipinski definition) is 0. The van der Waals surface area contributed by atoms with Gasteiger partial charge in [0.2, 0.25) is 0 Å². The first-order chi connectivity index (χ1) is 28.8. The first kappa shape index (κ1) is 34.2. The second kappa shape index (κ2) is 12.3. The maximum absolute atomic E-state index is 2.56. The van der Waals surface area contributed by atoms with Gasteiger partial charge in [-0.3, -0.25) is 0 Å². The Morgan fingerprint density at radius 1 is 0.458 bits per heavy atom. The first-order valence-corrected chi connectivity index (χ1v) is 21.0. The van der Waals surface area contributed by atoms with E-state index in [1.165, 1.54) is 111 Å². The monoisotopic (exact) mass is 756 g/mol. The van der Waals surface area contributed by atoms with E-state index in [0.717, 1.165) is 6.42 Å². The highest BCUT2D eigenvalue weighted by atomic mass is 15.2. The number of para-hydroxylation sites is 2. The van der Waals surface area contributed by atoms with Gasteiger partial charge in [0.05, 0.1) is 16.7 Å². The van der Waals surface area contributed by atoms with Crippen LogP contribution in [0.15, 0.2) is 187 Å². The third-order valence-corrected chi connectivity index (χ3v) is 13.8. The van der Waals surface area contributed by atoms with Crippen molar-refractivity contribution >= 4 is 44.8 Å². The van der Waals surface area contributed by atoms with Gasteiger partial charge in [-0.2, -0.15) is 0 Å². The number of benzene rings is 7. The standard InChI is InChI=1S/C57H44N2/c1-56(2)49-22-12-9-19-43(49)46-35-55-39(33-50(46)56)26-25-38-31-36(37-27-30-54-47(32-37)45-20-10-13-23-53(45)58(54)40-16-6-5-7-17-40)15-14-24-52(38)59(55)41-28-29-44-42-18-8-11-21-48(42)57(3,4)51(44)34-41/h5-13,15-35H,14H2,1-4H3. The van der Waals surface area contributed by atoms with E-state index in [-0.39, 0.29) is 10.8 Å². The summed E-state index contributed by atoms with van der Waals surface area (Å²) in [7, 11) is 0. The van der Waals surface area contributed by atoms with Crippen molar-refractivity contribution < 1.29 is 0 Å². The smallest absolute Gasteiger partial charge is 0.0541 e. The molecule has 0 N–H and O–H groups in total. The van der Waals surface area contributed by atoms with E-state index >= 15 is 0 Å². The summed E-state index contributed by atoms with van der Waals surface area (Å²) < 4.78 is 2.39. The topological polar surface area (TPSA) is 8.17 Å². The Morgan fingerprint density at radius 2 is 1.12 bits per heavy atom. The molecule has 0 atom stereocenters. The number of nitrogens with zero attached hydrogens (tertiary/aromatic N) is 2. The molecule has 7 aromatic carbocycles. The minimum absolute atomic E-state index is 0.0870. The Labute approximate surface area is 346 Å². The van der Waals surface area contributed by atoms with Gasteiger partial charge in [0, 0.05) is 38.7 Å². The van der Waals surface area contributed by atoms with Crippen molar-refractivity contribution in [3.05, 3.63) is 221 Å². The number of hydrogen-bond acceptors (Lipinski definition) is 1. The molecule has 8 aromatic rings. The summed E-state index contributed by atoms with van der Waals surface area (Å²) >= 11 is 0. The molecule has 12 rings (SSSR count). The fourth-order valence-corrected chi connectivity index (χ4v) is 10.8. The second-order valence-corrected chi connectivity index (χ2v) is 17.7. The summed E-state index contributed by atoms with van der Waals surface area (Å²) in [5.74, 6) is 0. The number of allylic oxidation sites excluding steroid dienone is 5. The highest BCUT2D eigenvalue weighted by Gasteiger charge is 2.39. The first-order valence-electron chi connectivity index (χ1n) is 21.0. The van der Waals surface area contributed by atoms with Crippen molar-refractivity contribution in [3.63, 3.8) is 0 Å². The number of anilines is 2. The van der Waals surface area contributed by atoms with Crippen molar-refractivity contribution in [2.75, 3.05) is 4.90 Å². The molecular formula is C57H44N2. The van der Waals surface area contributed by atoms with Crippen molar-refractivity contribution in [2.45, 2.75) is 44.9 Å². The Balaban J connectivity index is 1.03. The zero-order valence-corrected chi connectivity index (χ0v) is 33.9. The molecule has 0 saturated heterocycles. The Hall–Kier alpha value is -6.90. The molecule has 0 radical (unpaired) electrons. The molecule has 0 amide bonds. The van der Waals surface area contributed by atoms with E-state index in [2.05, 4.69) is 219 Å². The van der Waals surface area contributed by atoms with Crippen molar-refractivity contribution in [3.8, 4) is 27.9 Å². The quantitative estimate of drug-likeness (QED) is 0.174. The lowest BCUT2D eigenvalue weighted by Gasteiger charge is -2.31. The molecule has 0 bridgehead atoms. The molecular weight excluding hydrogens is 713 g/mol. The van der Waals surface area contributed by atoms with Crippen LogP contribution in [-0.2, 0) is 10.8 Å². The molecule has 0 unspecified atom stereocenters. The van der Waals surface area contributed by atoms with Crippen LogP contribution in [0, 0.1) is 0 Å². The van der Waals surface area contributed by atoms with Crippen LogP contribution in [0.1, 0.15) is 67.5 Å². The highest BCUT2D eigenvalue weighted by Crippen LogP contribution is 2.54. The number of aromatic nitrogens is 1. The van der Waals surface area contributed by atoms with Gasteiger partial charge in [0.25, 0.3) is 0 Å². The van der Waals surface area contributed by atoms with E-state index in [9.17, 15) is 0 Å². The lowest BCUT2D eigenvalue weighted by atomic mass is 9.81. The molecule has 4 aliphatic rings. The fraction of sp³-hybridized carbons (Fsp3) is 0.123. The Kier molecular flexibility index (Phi) is 7.13. The van der Waals surface area contributed by atoms with Gasteiger partial charge in [0.15, 0.2) is 0 Å². The van der Waals surface area contributed by atoms with Crippen LogP contribution in [-0.4, -0.2) is 4.57 Å². The second-order valence-electron chi connectivity index (χ2n) is 17.7. The van der Waals surface area contributed by atoms with Gasteiger partial charge in [-0.15, -0.1) is 0 Å². The minimum Gasteiger partial charge on any atom is -0.310 e. The summed E-state index contributed by atoms with van der Waals surface area (Å²) in [6.45, 7) is 9.52. The summed E-state index contributed by atoms with van der Waals surface area (Å²) in [5, 5.41) is 2.53. The molecule has 0 saturated carbocycles. The third kappa shape index (κ3) is 4.87. The molecule has 1 aromatic heterocycles. The molecule has 2 heterocycles. The zero-order valence-electron chi connectivity index (χ0n) is 33.9. The van der Waals surface area contributed by atoms with Gasteiger partial charge >= 0.3 is 0 Å². The molecule has 2 heteroatoms. The average Bonchev–Trinajstić information content (AvgIpc) is 3.65. The zero-order chi connectivity index (χ0) is 39.6. The lowest BCUT2D eigenvalue weighted by Crippen LogP contribution is -2.20. The van der Waals surface area contributed by atoms with Crippen molar-refractivity contribution in [2.24, 2.45) is 0 Å². The van der Waals surface area contributed by atoms with Crippen LogP contribution in [0.3, 0.4) is 0 Å². The van der Waals surface area contributed by atoms with E-state index in [4.69, 9.17) is 0 Å². The lowest BCUT2D eigenvalue weighted by molar-refractivity contribution is 0.660. The van der Waals surface area contributed by atoms with Gasteiger partial charge in [-0.25, -0.2) is 0 Å². The van der Waals surface area contributed by atoms with Gasteiger partial charge in [-0.05, 0) is 134 Å². The van der Waals surface area contributed by atoms with Crippen LogP contribution < -0.4 is 4.90 Å². The maximum Gasteiger partial charge on any atom is 0.0541 e. The Morgan fingerprint density at radius 3 is 1.92 bits per heavy atom. The van der Waals surface area contributed by atoms with Crippen LogP contribution in [0.2, 0.25) is 0 Å². The SMILES string of the molecule is CC1(C)c2ccccc2-c2ccc(N3C4=CCC=C(c5ccc6c(c5)c5ccccc5n6-c5ccccc5)C=C4C=Cc4cc5c(cc43)-c3ccccc3C5(C)C)cc21. The maximum atomic E-state index is 2.56. The van der Waals surface area contributed by atoms with E-state index < -0.39 is 0 Å². The summed E-state index contributed by atoms with van der Waals surface area (Å²) in [4.78, 5) is 2.56. The molecule has 0 spiro atoms. The molecule has 3 aliphatic carbocycles. The van der Waals surface area contributed by atoms with E-state index in [1.54, 1.807) is 0 Å². The normalized spacial score (nSPS) is 16.5. The molecule has 1 aliphatic heterocycles. The summed E-state index contributed by atoms with van der Waals surface area (Å²) in [5.41, 5.74) is 22.9. The summed E-state index contributed by atoms with van der Waals surface area (Å²) in [6.07, 6.45) is 12.8. The van der Waals surface area contributed by atoms with Gasteiger partial charge in [0.1, 0.15) is 0 Å². The number of fused-ring (bicyclic) bond motifs is 11. The predicted octanol–water partition coefficient (Wildman–Crippen LogP) is 14.9. The third-order valence-electron chi connectivity index (χ3n) is 13.8. The van der Waals surface area contributed by atoms with Crippen molar-refractivity contribution in [1.82, 2.24) is 4.57 Å². The Bertz CT molecular complexity index is 3230. The van der Waals surface area contributed by atoms with Crippen LogP contribution in [0.4, 0.5) is 11.4 Å². The van der Waals surface area contributed by atoms with E-state index in [1.807, 2.05) is 0 Å². The van der Waals surface area contributed by atoms with Crippen molar-refractivity contribution in [1.29, 1.82) is 0 Å². The molecule has 2 nitrogen and oxygen atoms in total. The van der Waals surface area contributed by atoms with Crippen LogP contribution >= 0.6 is 0 Å². The molecule has 0 fully saturated rings. The largest absolute Gasteiger partial charge is 0.310 e. The molecule has 282 valence electrons.